The Bertz CT molecular complexity index is 324. The first kappa shape index (κ1) is 18.2. The smallest absolute Gasteiger partial charge is 0.0419 e. The van der Waals surface area contributed by atoms with Gasteiger partial charge in [-0.25, -0.2) is 0 Å². The van der Waals surface area contributed by atoms with Crippen LogP contribution in [0.1, 0.15) is 76.8 Å². The van der Waals surface area contributed by atoms with E-state index in [1.807, 2.05) is 12.3 Å². The van der Waals surface area contributed by atoms with Crippen molar-refractivity contribution in [3.63, 3.8) is 0 Å². The number of pyridine rings is 1. The summed E-state index contributed by atoms with van der Waals surface area (Å²) in [5.74, 6) is 0. The van der Waals surface area contributed by atoms with E-state index in [-0.39, 0.29) is 0 Å². The fraction of sp³-hybridized carbons (Fsp3) is 0.737. The molecular formula is C19H34N2. The molecule has 0 aliphatic carbocycles. The molecule has 1 aromatic heterocycles. The van der Waals surface area contributed by atoms with Crippen LogP contribution in [0.2, 0.25) is 0 Å². The first-order valence-corrected chi connectivity index (χ1v) is 8.94. The van der Waals surface area contributed by atoms with Crippen LogP contribution in [0.5, 0.6) is 0 Å². The SMILES string of the molecule is CCCCCCCCCCCC(Cc1ccccn1)NC. The number of hydrogen-bond donors (Lipinski definition) is 1. The van der Waals surface area contributed by atoms with Gasteiger partial charge in [0.1, 0.15) is 0 Å². The summed E-state index contributed by atoms with van der Waals surface area (Å²) in [4.78, 5) is 4.42. The maximum Gasteiger partial charge on any atom is 0.0419 e. The van der Waals surface area contributed by atoms with Crippen molar-refractivity contribution in [2.75, 3.05) is 7.05 Å². The van der Waals surface area contributed by atoms with Gasteiger partial charge in [-0.1, -0.05) is 70.8 Å². The second kappa shape index (κ2) is 12.8. The highest BCUT2D eigenvalue weighted by molar-refractivity contribution is 5.05. The summed E-state index contributed by atoms with van der Waals surface area (Å²) < 4.78 is 0. The Morgan fingerprint density at radius 1 is 0.952 bits per heavy atom. The van der Waals surface area contributed by atoms with Crippen molar-refractivity contribution in [1.82, 2.24) is 10.3 Å². The Morgan fingerprint density at radius 2 is 1.62 bits per heavy atom. The summed E-state index contributed by atoms with van der Waals surface area (Å²) in [6.45, 7) is 2.28. The van der Waals surface area contributed by atoms with Crippen molar-refractivity contribution in [2.45, 2.75) is 83.6 Å². The highest BCUT2D eigenvalue weighted by Crippen LogP contribution is 2.12. The lowest BCUT2D eigenvalue weighted by Crippen LogP contribution is -2.27. The molecule has 0 bridgehead atoms. The Labute approximate surface area is 131 Å². The van der Waals surface area contributed by atoms with Crippen molar-refractivity contribution >= 4 is 0 Å². The van der Waals surface area contributed by atoms with E-state index < -0.39 is 0 Å². The van der Waals surface area contributed by atoms with E-state index in [2.05, 4.69) is 36.4 Å². The number of likely N-dealkylation sites (N-methyl/N-ethyl adjacent to an activating group) is 1. The van der Waals surface area contributed by atoms with Crippen molar-refractivity contribution in [3.05, 3.63) is 30.1 Å². The second-order valence-electron chi connectivity index (χ2n) is 6.13. The normalized spacial score (nSPS) is 12.5. The molecule has 0 saturated carbocycles. The van der Waals surface area contributed by atoms with Gasteiger partial charge in [0.2, 0.25) is 0 Å². The molecule has 0 fully saturated rings. The monoisotopic (exact) mass is 290 g/mol. The maximum atomic E-state index is 4.42. The number of rotatable bonds is 13. The van der Waals surface area contributed by atoms with Gasteiger partial charge in [0.25, 0.3) is 0 Å². The molecule has 1 aromatic rings. The van der Waals surface area contributed by atoms with Crippen LogP contribution >= 0.6 is 0 Å². The quantitative estimate of drug-likeness (QED) is 0.509. The molecule has 0 radical (unpaired) electrons. The largest absolute Gasteiger partial charge is 0.317 e. The van der Waals surface area contributed by atoms with Gasteiger partial charge in [-0.05, 0) is 25.6 Å². The third-order valence-electron chi connectivity index (χ3n) is 4.25. The van der Waals surface area contributed by atoms with Crippen molar-refractivity contribution in [3.8, 4) is 0 Å². The van der Waals surface area contributed by atoms with Gasteiger partial charge in [0.15, 0.2) is 0 Å². The maximum absolute atomic E-state index is 4.42. The first-order chi connectivity index (χ1) is 10.4. The average Bonchev–Trinajstić information content (AvgIpc) is 2.53. The predicted molar refractivity (Wildman–Crippen MR) is 92.6 cm³/mol. The molecule has 1 heterocycles. The molecular weight excluding hydrogens is 256 g/mol. The van der Waals surface area contributed by atoms with Gasteiger partial charge < -0.3 is 5.32 Å². The van der Waals surface area contributed by atoms with Crippen LogP contribution in [0.4, 0.5) is 0 Å². The lowest BCUT2D eigenvalue weighted by atomic mass is 10.0. The van der Waals surface area contributed by atoms with E-state index >= 15 is 0 Å². The van der Waals surface area contributed by atoms with Crippen molar-refractivity contribution < 1.29 is 0 Å². The lowest BCUT2D eigenvalue weighted by molar-refractivity contribution is 0.474. The molecule has 1 N–H and O–H groups in total. The Kier molecular flexibility index (Phi) is 11.1. The summed E-state index contributed by atoms with van der Waals surface area (Å²) in [6, 6.07) is 6.76. The zero-order valence-electron chi connectivity index (χ0n) is 14.1. The summed E-state index contributed by atoms with van der Waals surface area (Å²) in [5, 5.41) is 3.44. The molecule has 2 heteroatoms. The average molecular weight is 290 g/mol. The minimum Gasteiger partial charge on any atom is -0.317 e. The van der Waals surface area contributed by atoms with E-state index in [4.69, 9.17) is 0 Å². The summed E-state index contributed by atoms with van der Waals surface area (Å²) >= 11 is 0. The van der Waals surface area contributed by atoms with Crippen LogP contribution in [0.15, 0.2) is 24.4 Å². The van der Waals surface area contributed by atoms with E-state index in [9.17, 15) is 0 Å². The zero-order valence-corrected chi connectivity index (χ0v) is 14.1. The summed E-state index contributed by atoms with van der Waals surface area (Å²) in [7, 11) is 2.07. The predicted octanol–water partition coefficient (Wildman–Crippen LogP) is 5.13. The van der Waals surface area contributed by atoms with Crippen LogP contribution in [0.3, 0.4) is 0 Å². The van der Waals surface area contributed by atoms with Gasteiger partial charge in [-0.2, -0.15) is 0 Å². The van der Waals surface area contributed by atoms with E-state index in [0.717, 1.165) is 6.42 Å². The molecule has 1 unspecified atom stereocenters. The van der Waals surface area contributed by atoms with Crippen LogP contribution in [0.25, 0.3) is 0 Å². The van der Waals surface area contributed by atoms with Crippen LogP contribution in [-0.2, 0) is 6.42 Å². The molecule has 0 aliphatic rings. The van der Waals surface area contributed by atoms with Gasteiger partial charge in [0.05, 0.1) is 0 Å². The molecule has 0 aromatic carbocycles. The topological polar surface area (TPSA) is 24.9 Å². The van der Waals surface area contributed by atoms with Gasteiger partial charge in [-0.3, -0.25) is 4.98 Å². The van der Waals surface area contributed by atoms with Gasteiger partial charge in [0, 0.05) is 24.4 Å². The first-order valence-electron chi connectivity index (χ1n) is 8.94. The molecule has 1 atom stereocenters. The summed E-state index contributed by atoms with van der Waals surface area (Å²) in [6.07, 6.45) is 16.8. The number of hydrogen-bond acceptors (Lipinski definition) is 2. The molecule has 0 aliphatic heterocycles. The number of unbranched alkanes of at least 4 members (excludes halogenated alkanes) is 8. The second-order valence-corrected chi connectivity index (χ2v) is 6.13. The summed E-state index contributed by atoms with van der Waals surface area (Å²) in [5.41, 5.74) is 1.20. The van der Waals surface area contributed by atoms with Crippen molar-refractivity contribution in [2.24, 2.45) is 0 Å². The Balaban J connectivity index is 2.00. The van der Waals surface area contributed by atoms with Crippen LogP contribution < -0.4 is 5.32 Å². The number of nitrogens with one attached hydrogen (secondary N) is 1. The fourth-order valence-corrected chi connectivity index (χ4v) is 2.82. The standard InChI is InChI=1S/C19H34N2/c1-3-4-5-6-7-8-9-10-11-14-18(20-2)17-19-15-12-13-16-21-19/h12-13,15-16,18,20H,3-11,14,17H2,1-2H3. The zero-order chi connectivity index (χ0) is 15.2. The van der Waals surface area contributed by atoms with Crippen LogP contribution in [-0.4, -0.2) is 18.1 Å². The number of aromatic nitrogens is 1. The highest BCUT2D eigenvalue weighted by atomic mass is 14.9. The molecule has 2 nitrogen and oxygen atoms in total. The molecule has 120 valence electrons. The molecule has 0 saturated heterocycles. The highest BCUT2D eigenvalue weighted by Gasteiger charge is 2.07. The van der Waals surface area contributed by atoms with E-state index in [0.29, 0.717) is 6.04 Å². The molecule has 21 heavy (non-hydrogen) atoms. The molecule has 1 rings (SSSR count). The van der Waals surface area contributed by atoms with E-state index in [1.165, 1.54) is 69.9 Å². The third kappa shape index (κ3) is 9.62. The molecule has 0 amide bonds. The van der Waals surface area contributed by atoms with Crippen LogP contribution in [0, 0.1) is 0 Å². The number of nitrogens with zero attached hydrogens (tertiary/aromatic N) is 1. The molecule has 0 spiro atoms. The Hall–Kier alpha value is -0.890. The minimum absolute atomic E-state index is 0.574. The van der Waals surface area contributed by atoms with E-state index in [1.54, 1.807) is 0 Å². The van der Waals surface area contributed by atoms with Gasteiger partial charge >= 0.3 is 0 Å². The van der Waals surface area contributed by atoms with Crippen molar-refractivity contribution in [1.29, 1.82) is 0 Å². The fourth-order valence-electron chi connectivity index (χ4n) is 2.82. The third-order valence-corrected chi connectivity index (χ3v) is 4.25. The lowest BCUT2D eigenvalue weighted by Gasteiger charge is -2.15. The Morgan fingerprint density at radius 3 is 2.19 bits per heavy atom. The minimum atomic E-state index is 0.574. The van der Waals surface area contributed by atoms with Gasteiger partial charge in [-0.15, -0.1) is 0 Å².